The van der Waals surface area contributed by atoms with Gasteiger partial charge in [-0.15, -0.1) is 6.58 Å². The molecule has 9 heteroatoms. The fraction of sp³-hybridized carbons (Fsp3) is 0.333. The minimum atomic E-state index is -1.92. The number of amides is 2. The summed E-state index contributed by atoms with van der Waals surface area (Å²) < 4.78 is 1.26. The van der Waals surface area contributed by atoms with Crippen molar-refractivity contribution in [2.24, 2.45) is 5.92 Å². The maximum absolute atomic E-state index is 13.6. The Balaban J connectivity index is 1.49. The summed E-state index contributed by atoms with van der Waals surface area (Å²) >= 11 is 0. The Labute approximate surface area is 226 Å². The predicted octanol–water partition coefficient (Wildman–Crippen LogP) is 2.67. The molecular weight excluding hydrogens is 496 g/mol. The van der Waals surface area contributed by atoms with E-state index in [0.29, 0.717) is 28.9 Å². The molecule has 1 fully saturated rings. The van der Waals surface area contributed by atoms with E-state index in [9.17, 15) is 24.6 Å². The molecule has 0 aliphatic carbocycles. The number of aromatic nitrogens is 2. The molecule has 2 aliphatic heterocycles. The average Bonchev–Trinajstić information content (AvgIpc) is 3.51. The van der Waals surface area contributed by atoms with Crippen molar-refractivity contribution in [3.63, 3.8) is 0 Å². The topological polar surface area (TPSA) is 116 Å². The number of hydrogen-bond donors (Lipinski definition) is 2. The molecule has 0 radical (unpaired) electrons. The first-order valence-corrected chi connectivity index (χ1v) is 13.2. The number of carbonyl (C=O) groups is 2. The molecule has 9 nitrogen and oxygen atoms in total. The normalized spacial score (nSPS) is 21.6. The second-order valence-electron chi connectivity index (χ2n) is 10.1. The Morgan fingerprint density at radius 3 is 2.82 bits per heavy atom. The number of fused-ring (bicyclic) bond motifs is 2. The molecule has 2 amide bonds. The fourth-order valence-electron chi connectivity index (χ4n) is 5.64. The van der Waals surface area contributed by atoms with Gasteiger partial charge in [0.15, 0.2) is 5.60 Å². The van der Waals surface area contributed by atoms with E-state index < -0.39 is 17.4 Å². The molecule has 0 spiro atoms. The summed E-state index contributed by atoms with van der Waals surface area (Å²) in [5.74, 6) is -1.29. The third-order valence-corrected chi connectivity index (χ3v) is 7.79. The molecule has 3 atom stereocenters. The summed E-state index contributed by atoms with van der Waals surface area (Å²) in [5.41, 5.74) is -0.920. The minimum Gasteiger partial charge on any atom is -0.394 e. The number of anilines is 1. The molecule has 1 aromatic heterocycles. The molecule has 39 heavy (non-hydrogen) atoms. The lowest BCUT2D eigenvalue weighted by molar-refractivity contribution is -0.139. The van der Waals surface area contributed by atoms with Crippen LogP contribution in [0, 0.1) is 5.92 Å². The number of likely N-dealkylation sites (tertiary alicyclic amines) is 1. The molecule has 5 rings (SSSR count). The monoisotopic (exact) mass is 528 g/mol. The highest BCUT2D eigenvalue weighted by molar-refractivity contribution is 6.07. The maximum atomic E-state index is 13.6. The predicted molar refractivity (Wildman–Crippen MR) is 149 cm³/mol. The highest BCUT2D eigenvalue weighted by Gasteiger charge is 2.52. The van der Waals surface area contributed by atoms with Crippen molar-refractivity contribution in [2.45, 2.75) is 37.8 Å². The lowest BCUT2D eigenvalue weighted by Gasteiger charge is -2.27. The van der Waals surface area contributed by atoms with Gasteiger partial charge in [0.1, 0.15) is 0 Å². The van der Waals surface area contributed by atoms with Crippen LogP contribution in [0.1, 0.15) is 31.7 Å². The minimum absolute atomic E-state index is 0.0620. The van der Waals surface area contributed by atoms with Crippen molar-refractivity contribution >= 4 is 28.3 Å². The van der Waals surface area contributed by atoms with Gasteiger partial charge in [-0.1, -0.05) is 43.4 Å². The first-order chi connectivity index (χ1) is 18.8. The molecule has 3 aromatic rings. The average molecular weight is 529 g/mol. The third kappa shape index (κ3) is 4.47. The number of aliphatic hydroxyl groups excluding tert-OH is 1. The third-order valence-electron chi connectivity index (χ3n) is 7.79. The number of benzene rings is 2. The molecule has 2 aromatic carbocycles. The summed E-state index contributed by atoms with van der Waals surface area (Å²) in [5, 5.41) is 27.0. The molecule has 202 valence electrons. The molecule has 1 saturated heterocycles. The number of carbonyl (C=O) groups excluding carboxylic acids is 2. The van der Waals surface area contributed by atoms with Crippen molar-refractivity contribution < 1.29 is 19.8 Å². The Bertz CT molecular complexity index is 1530. The van der Waals surface area contributed by atoms with E-state index in [0.717, 1.165) is 18.2 Å². The molecule has 3 heterocycles. The lowest BCUT2D eigenvalue weighted by Crippen LogP contribution is -2.44. The first-order valence-electron chi connectivity index (χ1n) is 13.2. The van der Waals surface area contributed by atoms with E-state index in [1.54, 1.807) is 66.6 Å². The van der Waals surface area contributed by atoms with E-state index >= 15 is 0 Å². The van der Waals surface area contributed by atoms with Crippen LogP contribution in [-0.4, -0.2) is 62.4 Å². The lowest BCUT2D eigenvalue weighted by atomic mass is 9.82. The quantitative estimate of drug-likeness (QED) is 0.435. The van der Waals surface area contributed by atoms with Gasteiger partial charge in [-0.3, -0.25) is 14.4 Å². The molecule has 2 N–H and O–H groups in total. The van der Waals surface area contributed by atoms with Gasteiger partial charge in [0.2, 0.25) is 5.91 Å². The van der Waals surface area contributed by atoms with Crippen LogP contribution in [0.4, 0.5) is 5.69 Å². The van der Waals surface area contributed by atoms with Crippen molar-refractivity contribution in [3.8, 4) is 5.69 Å². The van der Waals surface area contributed by atoms with Gasteiger partial charge in [0.05, 0.1) is 35.6 Å². The van der Waals surface area contributed by atoms with Crippen molar-refractivity contribution in [1.29, 1.82) is 0 Å². The van der Waals surface area contributed by atoms with Gasteiger partial charge in [0.25, 0.3) is 11.5 Å². The van der Waals surface area contributed by atoms with Gasteiger partial charge < -0.3 is 20.0 Å². The van der Waals surface area contributed by atoms with Gasteiger partial charge in [-0.05, 0) is 37.1 Å². The smallest absolute Gasteiger partial charge is 0.279 e. The summed E-state index contributed by atoms with van der Waals surface area (Å²) in [6.07, 6.45) is 8.28. The van der Waals surface area contributed by atoms with Crippen LogP contribution in [0.3, 0.4) is 0 Å². The zero-order valence-electron chi connectivity index (χ0n) is 21.9. The van der Waals surface area contributed by atoms with Crippen LogP contribution in [0.25, 0.3) is 16.5 Å². The van der Waals surface area contributed by atoms with Gasteiger partial charge >= 0.3 is 0 Å². The second kappa shape index (κ2) is 10.6. The van der Waals surface area contributed by atoms with E-state index in [1.807, 2.05) is 12.1 Å². The van der Waals surface area contributed by atoms with E-state index in [-0.39, 0.29) is 37.1 Å². The van der Waals surface area contributed by atoms with Crippen LogP contribution < -0.4 is 10.5 Å². The standard InChI is InChI=1S/C30H32N4O5/c1-3-15-33-26-14-13-22(34-28(37)24-11-5-4-9-21(24)18-31-34)17-25(26)30(39,29(33)38)20(2)8-6-12-27(36)32-16-7-10-23(32)19-35/h3-6,8-9,11,13-14,17-18,20,23,35,39H,1,7,10,12,15-16,19H2,2H3/b8-6+/t20-,23+,30+/m1/s1. The van der Waals surface area contributed by atoms with Gasteiger partial charge in [-0.2, -0.15) is 9.78 Å². The Kier molecular flexibility index (Phi) is 7.20. The summed E-state index contributed by atoms with van der Waals surface area (Å²) in [6.45, 7) is 6.22. The highest BCUT2D eigenvalue weighted by Crippen LogP contribution is 2.45. The Morgan fingerprint density at radius 2 is 2.05 bits per heavy atom. The summed E-state index contributed by atoms with van der Waals surface area (Å²) in [6, 6.07) is 12.0. The highest BCUT2D eigenvalue weighted by atomic mass is 16.3. The zero-order chi connectivity index (χ0) is 27.7. The Morgan fingerprint density at radius 1 is 1.26 bits per heavy atom. The van der Waals surface area contributed by atoms with E-state index in [4.69, 9.17) is 0 Å². The Hall–Kier alpha value is -4.08. The second-order valence-corrected chi connectivity index (χ2v) is 10.1. The number of nitrogens with zero attached hydrogens (tertiary/aromatic N) is 4. The molecule has 0 saturated carbocycles. The molecule has 0 bridgehead atoms. The molecule has 2 aliphatic rings. The molecule has 0 unspecified atom stereocenters. The number of hydrogen-bond acceptors (Lipinski definition) is 6. The summed E-state index contributed by atoms with van der Waals surface area (Å²) in [4.78, 5) is 42.7. The first kappa shape index (κ1) is 26.5. The van der Waals surface area contributed by atoms with Crippen LogP contribution in [0.2, 0.25) is 0 Å². The van der Waals surface area contributed by atoms with Crippen molar-refractivity contribution in [1.82, 2.24) is 14.7 Å². The molecular formula is C30H32N4O5. The number of rotatable bonds is 8. The van der Waals surface area contributed by atoms with Crippen LogP contribution in [-0.2, 0) is 15.2 Å². The number of aliphatic hydroxyl groups is 2. The van der Waals surface area contributed by atoms with Crippen LogP contribution >= 0.6 is 0 Å². The fourth-order valence-corrected chi connectivity index (χ4v) is 5.64. The maximum Gasteiger partial charge on any atom is 0.279 e. The van der Waals surface area contributed by atoms with E-state index in [2.05, 4.69) is 11.7 Å². The van der Waals surface area contributed by atoms with Gasteiger partial charge in [0, 0.05) is 36.4 Å². The summed E-state index contributed by atoms with van der Waals surface area (Å²) in [7, 11) is 0. The van der Waals surface area contributed by atoms with Crippen LogP contribution in [0.15, 0.2) is 78.3 Å². The van der Waals surface area contributed by atoms with Gasteiger partial charge in [-0.25, -0.2) is 0 Å². The largest absolute Gasteiger partial charge is 0.394 e. The van der Waals surface area contributed by atoms with Crippen molar-refractivity contribution in [3.05, 3.63) is 89.4 Å². The zero-order valence-corrected chi connectivity index (χ0v) is 21.9. The SMILES string of the molecule is C=CCN1C(=O)[C@](O)([C@H](C)/C=C/CC(=O)N2CCC[C@H]2CO)c2cc(-n3ncc4ccccc4c3=O)ccc21. The van der Waals surface area contributed by atoms with Crippen LogP contribution in [0.5, 0.6) is 0 Å². The van der Waals surface area contributed by atoms with E-state index in [1.165, 1.54) is 9.58 Å². The van der Waals surface area contributed by atoms with Crippen molar-refractivity contribution in [2.75, 3.05) is 24.6 Å².